The van der Waals surface area contributed by atoms with Crippen LogP contribution in [0.5, 0.6) is 0 Å². The molecule has 0 spiro atoms. The fourth-order valence-corrected chi connectivity index (χ4v) is 4.15. The van der Waals surface area contributed by atoms with Crippen molar-refractivity contribution >= 4 is 5.91 Å². The van der Waals surface area contributed by atoms with Gasteiger partial charge in [0, 0.05) is 43.1 Å². The summed E-state index contributed by atoms with van der Waals surface area (Å²) >= 11 is 0. The topological polar surface area (TPSA) is 65.1 Å². The molecule has 6 nitrogen and oxygen atoms in total. The third-order valence-electron chi connectivity index (χ3n) is 5.64. The molecular formula is C19H25N5O. The first-order valence-corrected chi connectivity index (χ1v) is 9.25. The number of rotatable bonds is 3. The van der Waals surface area contributed by atoms with Crippen molar-refractivity contribution in [3.8, 4) is 0 Å². The number of piperidine rings is 2. The second kappa shape index (κ2) is 7.35. The Morgan fingerprint density at radius 2 is 1.80 bits per heavy atom. The van der Waals surface area contributed by atoms with Crippen molar-refractivity contribution in [3.05, 3.63) is 48.0 Å². The number of carbonyl (C=O) groups is 1. The van der Waals surface area contributed by atoms with Crippen molar-refractivity contribution in [1.82, 2.24) is 25.0 Å². The van der Waals surface area contributed by atoms with Crippen LogP contribution in [0.4, 0.5) is 0 Å². The minimum absolute atomic E-state index is 0.0667. The average molecular weight is 339 g/mol. The highest BCUT2D eigenvalue weighted by Crippen LogP contribution is 2.29. The molecule has 0 aliphatic carbocycles. The highest BCUT2D eigenvalue weighted by molar-refractivity contribution is 5.92. The fourth-order valence-electron chi connectivity index (χ4n) is 4.15. The van der Waals surface area contributed by atoms with Gasteiger partial charge in [-0.1, -0.05) is 6.07 Å². The molecule has 0 atom stereocenters. The Morgan fingerprint density at radius 3 is 2.44 bits per heavy atom. The lowest BCUT2D eigenvalue weighted by Gasteiger charge is -2.41. The van der Waals surface area contributed by atoms with Crippen LogP contribution in [0.1, 0.15) is 47.8 Å². The second-order valence-corrected chi connectivity index (χ2v) is 7.06. The molecule has 0 bridgehead atoms. The molecule has 2 fully saturated rings. The molecule has 6 heteroatoms. The molecule has 4 rings (SSSR count). The van der Waals surface area contributed by atoms with Crippen LogP contribution in [0, 0.1) is 0 Å². The number of nitrogens with zero attached hydrogens (tertiary/aromatic N) is 4. The number of likely N-dealkylation sites (tertiary alicyclic amines) is 2. The summed E-state index contributed by atoms with van der Waals surface area (Å²) in [4.78, 5) is 21.3. The Balaban J connectivity index is 1.27. The Morgan fingerprint density at radius 1 is 1.00 bits per heavy atom. The van der Waals surface area contributed by atoms with Gasteiger partial charge >= 0.3 is 0 Å². The maximum atomic E-state index is 12.5. The van der Waals surface area contributed by atoms with Crippen molar-refractivity contribution in [2.45, 2.75) is 37.6 Å². The highest BCUT2D eigenvalue weighted by atomic mass is 16.2. The second-order valence-electron chi connectivity index (χ2n) is 7.06. The van der Waals surface area contributed by atoms with Crippen LogP contribution in [-0.4, -0.2) is 63.1 Å². The van der Waals surface area contributed by atoms with E-state index in [1.165, 1.54) is 18.5 Å². The first-order chi connectivity index (χ1) is 12.3. The number of aromatic amines is 1. The summed E-state index contributed by atoms with van der Waals surface area (Å²) in [6.45, 7) is 3.95. The van der Waals surface area contributed by atoms with Crippen LogP contribution >= 0.6 is 0 Å². The molecule has 1 N–H and O–H groups in total. The summed E-state index contributed by atoms with van der Waals surface area (Å²) in [5, 5.41) is 7.19. The van der Waals surface area contributed by atoms with Crippen molar-refractivity contribution in [3.63, 3.8) is 0 Å². The van der Waals surface area contributed by atoms with Crippen molar-refractivity contribution in [1.29, 1.82) is 0 Å². The lowest BCUT2D eigenvalue weighted by atomic mass is 9.91. The smallest absolute Gasteiger partial charge is 0.272 e. The summed E-state index contributed by atoms with van der Waals surface area (Å²) in [5.41, 5.74) is 1.83. The number of hydrogen-bond acceptors (Lipinski definition) is 4. The van der Waals surface area contributed by atoms with Gasteiger partial charge in [0.1, 0.15) is 5.69 Å². The summed E-state index contributed by atoms with van der Waals surface area (Å²) in [5.74, 6) is 0.682. The van der Waals surface area contributed by atoms with Crippen molar-refractivity contribution in [2.24, 2.45) is 0 Å². The lowest BCUT2D eigenvalue weighted by Crippen LogP contribution is -2.49. The first kappa shape index (κ1) is 16.3. The molecule has 0 radical (unpaired) electrons. The summed E-state index contributed by atoms with van der Waals surface area (Å²) in [6.07, 6.45) is 8.03. The summed E-state index contributed by atoms with van der Waals surface area (Å²) < 4.78 is 0. The average Bonchev–Trinajstić information content (AvgIpc) is 3.23. The molecule has 4 heterocycles. The predicted molar refractivity (Wildman–Crippen MR) is 95.3 cm³/mol. The van der Waals surface area contributed by atoms with E-state index in [0.29, 0.717) is 17.7 Å². The van der Waals surface area contributed by atoms with Crippen LogP contribution < -0.4 is 0 Å². The van der Waals surface area contributed by atoms with Gasteiger partial charge in [-0.3, -0.25) is 14.9 Å². The van der Waals surface area contributed by atoms with Crippen LogP contribution in [0.3, 0.4) is 0 Å². The molecular weight excluding hydrogens is 314 g/mol. The third kappa shape index (κ3) is 3.58. The van der Waals surface area contributed by atoms with Crippen molar-refractivity contribution < 1.29 is 4.79 Å². The molecule has 0 aromatic carbocycles. The highest BCUT2D eigenvalue weighted by Gasteiger charge is 2.30. The lowest BCUT2D eigenvalue weighted by molar-refractivity contribution is 0.0572. The van der Waals surface area contributed by atoms with Crippen LogP contribution in [0.15, 0.2) is 36.7 Å². The number of nitrogens with one attached hydrogen (secondary N) is 1. The Kier molecular flexibility index (Phi) is 4.78. The van der Waals surface area contributed by atoms with Gasteiger partial charge in [-0.05, 0) is 57.0 Å². The molecule has 2 aromatic rings. The van der Waals surface area contributed by atoms with E-state index in [4.69, 9.17) is 0 Å². The maximum absolute atomic E-state index is 12.5. The molecule has 2 aromatic heterocycles. The van der Waals surface area contributed by atoms with Gasteiger partial charge in [-0.15, -0.1) is 0 Å². The van der Waals surface area contributed by atoms with Gasteiger partial charge in [0.15, 0.2) is 0 Å². The largest absolute Gasteiger partial charge is 0.337 e. The Labute approximate surface area is 148 Å². The number of hydrogen-bond donors (Lipinski definition) is 1. The molecule has 2 aliphatic heterocycles. The van der Waals surface area contributed by atoms with Gasteiger partial charge in [0.05, 0.1) is 0 Å². The molecule has 1 amide bonds. The van der Waals surface area contributed by atoms with E-state index in [9.17, 15) is 4.79 Å². The van der Waals surface area contributed by atoms with Gasteiger partial charge in [-0.2, -0.15) is 5.10 Å². The molecule has 2 aliphatic rings. The normalized spacial score (nSPS) is 20.7. The van der Waals surface area contributed by atoms with E-state index < -0.39 is 0 Å². The fraction of sp³-hybridized carbons (Fsp3) is 0.526. The first-order valence-electron chi connectivity index (χ1n) is 9.25. The van der Waals surface area contributed by atoms with E-state index in [1.807, 2.05) is 23.2 Å². The number of aromatic nitrogens is 3. The molecule has 2 saturated heterocycles. The van der Waals surface area contributed by atoms with Gasteiger partial charge in [0.25, 0.3) is 5.91 Å². The minimum atomic E-state index is 0.0667. The Hall–Kier alpha value is -2.21. The number of pyridine rings is 1. The molecule has 0 unspecified atom stereocenters. The van der Waals surface area contributed by atoms with E-state index in [0.717, 1.165) is 39.0 Å². The standard InChI is InChI=1S/C19H25N5O/c25-19(18-3-1-2-9-20-18)24-13-7-16(8-14-24)23-11-5-15(6-12-23)17-4-10-21-22-17/h1-4,9-10,15-16H,5-8,11-14H2,(H,21,22). The monoisotopic (exact) mass is 339 g/mol. The van der Waals surface area contributed by atoms with Gasteiger partial charge in [0.2, 0.25) is 0 Å². The maximum Gasteiger partial charge on any atom is 0.272 e. The van der Waals surface area contributed by atoms with Crippen LogP contribution in [-0.2, 0) is 0 Å². The van der Waals surface area contributed by atoms with Crippen molar-refractivity contribution in [2.75, 3.05) is 26.2 Å². The third-order valence-corrected chi connectivity index (χ3v) is 5.64. The van der Waals surface area contributed by atoms with Crippen LogP contribution in [0.2, 0.25) is 0 Å². The summed E-state index contributed by atoms with van der Waals surface area (Å²) in [6, 6.07) is 8.22. The number of H-pyrrole nitrogens is 1. The van der Waals surface area contributed by atoms with Gasteiger partial charge in [-0.25, -0.2) is 0 Å². The molecule has 132 valence electrons. The van der Waals surface area contributed by atoms with Crippen LogP contribution in [0.25, 0.3) is 0 Å². The summed E-state index contributed by atoms with van der Waals surface area (Å²) in [7, 11) is 0. The van der Waals surface area contributed by atoms with E-state index in [1.54, 1.807) is 12.3 Å². The number of amides is 1. The van der Waals surface area contributed by atoms with E-state index in [-0.39, 0.29) is 5.91 Å². The quantitative estimate of drug-likeness (QED) is 0.932. The zero-order chi connectivity index (χ0) is 17.1. The Bertz CT molecular complexity index is 671. The van der Waals surface area contributed by atoms with E-state index in [2.05, 4.69) is 26.1 Å². The minimum Gasteiger partial charge on any atom is -0.337 e. The van der Waals surface area contributed by atoms with Gasteiger partial charge < -0.3 is 9.80 Å². The predicted octanol–water partition coefficient (Wildman–Crippen LogP) is 2.29. The van der Waals surface area contributed by atoms with E-state index >= 15 is 0 Å². The zero-order valence-electron chi connectivity index (χ0n) is 14.5. The zero-order valence-corrected chi connectivity index (χ0v) is 14.5. The number of carbonyl (C=O) groups excluding carboxylic acids is 1. The molecule has 0 saturated carbocycles. The SMILES string of the molecule is O=C(c1ccccn1)N1CCC(N2CCC(c3ccn[nH]3)CC2)CC1. The molecule has 25 heavy (non-hydrogen) atoms.